The van der Waals surface area contributed by atoms with Crippen LogP contribution in [0.5, 0.6) is 5.75 Å². The van der Waals surface area contributed by atoms with Gasteiger partial charge in [-0.05, 0) is 72.8 Å². The highest BCUT2D eigenvalue weighted by atomic mass is 19.1. The molecule has 0 aliphatic heterocycles. The van der Waals surface area contributed by atoms with Crippen LogP contribution in [0.3, 0.4) is 0 Å². The number of rotatable bonds is 5. The highest BCUT2D eigenvalue weighted by Crippen LogP contribution is 2.41. The molecule has 24 heavy (non-hydrogen) atoms. The molecule has 0 atom stereocenters. The number of halogens is 1. The smallest absolute Gasteiger partial charge is 0.165 e. The lowest BCUT2D eigenvalue weighted by molar-refractivity contribution is 0.380. The summed E-state index contributed by atoms with van der Waals surface area (Å²) >= 11 is 0. The van der Waals surface area contributed by atoms with Crippen molar-refractivity contribution in [1.29, 1.82) is 0 Å². The Morgan fingerprint density at radius 3 is 2.04 bits per heavy atom. The first-order chi connectivity index (χ1) is 11.7. The summed E-state index contributed by atoms with van der Waals surface area (Å²) in [5.74, 6) is 1.21. The van der Waals surface area contributed by atoms with Gasteiger partial charge >= 0.3 is 0 Å². The Kier molecular flexibility index (Phi) is 5.55. The molecule has 0 radical (unpaired) electrons. The Labute approximate surface area is 144 Å². The van der Waals surface area contributed by atoms with Crippen molar-refractivity contribution in [1.82, 2.24) is 0 Å². The summed E-state index contributed by atoms with van der Waals surface area (Å²) in [5.41, 5.74) is 4.02. The zero-order valence-corrected chi connectivity index (χ0v) is 14.7. The van der Waals surface area contributed by atoms with Crippen LogP contribution in [0.4, 0.5) is 4.39 Å². The number of hydrogen-bond acceptors (Lipinski definition) is 1. The summed E-state index contributed by atoms with van der Waals surface area (Å²) in [5, 5.41) is 0. The Balaban J connectivity index is 1.62. The number of ether oxygens (including phenoxy) is 1. The standard InChI is InChI=1S/C22H27FO/c1-3-4-16-5-7-17(8-6-16)18-9-11-19(12-10-18)20-13-14-22(24-2)21(23)15-20/h5-8,13-15,18-19H,3-4,9-12H2,1-2H3. The van der Waals surface area contributed by atoms with Crippen LogP contribution in [0.15, 0.2) is 42.5 Å². The lowest BCUT2D eigenvalue weighted by atomic mass is 9.76. The van der Waals surface area contributed by atoms with E-state index in [9.17, 15) is 4.39 Å². The number of hydrogen-bond donors (Lipinski definition) is 0. The fraction of sp³-hybridized carbons (Fsp3) is 0.455. The lowest BCUT2D eigenvalue weighted by Gasteiger charge is -2.29. The highest BCUT2D eigenvalue weighted by molar-refractivity contribution is 5.32. The van der Waals surface area contributed by atoms with Gasteiger partial charge in [0.1, 0.15) is 0 Å². The van der Waals surface area contributed by atoms with Crippen LogP contribution in [0, 0.1) is 5.82 Å². The predicted octanol–water partition coefficient (Wildman–Crippen LogP) is 6.23. The molecule has 2 aromatic rings. The molecular weight excluding hydrogens is 299 g/mol. The topological polar surface area (TPSA) is 9.23 Å². The molecule has 3 rings (SSSR count). The minimum atomic E-state index is -0.247. The highest BCUT2D eigenvalue weighted by Gasteiger charge is 2.24. The number of methoxy groups -OCH3 is 1. The van der Waals surface area contributed by atoms with Crippen LogP contribution >= 0.6 is 0 Å². The SMILES string of the molecule is CCCc1ccc(C2CCC(c3ccc(OC)c(F)c3)CC2)cc1. The van der Waals surface area contributed by atoms with Gasteiger partial charge in [-0.2, -0.15) is 0 Å². The van der Waals surface area contributed by atoms with Crippen molar-refractivity contribution in [2.24, 2.45) is 0 Å². The van der Waals surface area contributed by atoms with Crippen molar-refractivity contribution in [2.45, 2.75) is 57.3 Å². The maximum atomic E-state index is 13.9. The summed E-state index contributed by atoms with van der Waals surface area (Å²) in [7, 11) is 1.51. The first kappa shape index (κ1) is 17.0. The maximum absolute atomic E-state index is 13.9. The summed E-state index contributed by atoms with van der Waals surface area (Å²) in [6.45, 7) is 2.22. The Bertz CT molecular complexity index is 654. The van der Waals surface area contributed by atoms with Crippen molar-refractivity contribution >= 4 is 0 Å². The quantitative estimate of drug-likeness (QED) is 0.633. The monoisotopic (exact) mass is 326 g/mol. The Morgan fingerprint density at radius 1 is 0.917 bits per heavy atom. The second-order valence-electron chi connectivity index (χ2n) is 6.93. The molecule has 1 nitrogen and oxygen atoms in total. The van der Waals surface area contributed by atoms with Gasteiger partial charge in [-0.25, -0.2) is 4.39 Å². The summed E-state index contributed by atoms with van der Waals surface area (Å²) in [6.07, 6.45) is 7.00. The van der Waals surface area contributed by atoms with Gasteiger partial charge in [0.15, 0.2) is 11.6 Å². The van der Waals surface area contributed by atoms with E-state index < -0.39 is 0 Å². The van der Waals surface area contributed by atoms with E-state index in [1.165, 1.54) is 37.5 Å². The minimum absolute atomic E-state index is 0.247. The van der Waals surface area contributed by atoms with Crippen LogP contribution < -0.4 is 4.74 Å². The molecule has 1 aliphatic rings. The minimum Gasteiger partial charge on any atom is -0.494 e. The van der Waals surface area contributed by atoms with E-state index in [4.69, 9.17) is 4.74 Å². The van der Waals surface area contributed by atoms with Gasteiger partial charge in [0.05, 0.1) is 7.11 Å². The molecule has 0 amide bonds. The van der Waals surface area contributed by atoms with E-state index in [1.807, 2.05) is 6.07 Å². The molecule has 0 unspecified atom stereocenters. The van der Waals surface area contributed by atoms with Gasteiger partial charge < -0.3 is 4.74 Å². The van der Waals surface area contributed by atoms with Crippen molar-refractivity contribution in [3.05, 3.63) is 65.0 Å². The van der Waals surface area contributed by atoms with E-state index in [-0.39, 0.29) is 5.82 Å². The van der Waals surface area contributed by atoms with E-state index >= 15 is 0 Å². The predicted molar refractivity (Wildman–Crippen MR) is 97.3 cm³/mol. The second-order valence-corrected chi connectivity index (χ2v) is 6.93. The molecule has 1 saturated carbocycles. The number of benzene rings is 2. The van der Waals surface area contributed by atoms with Gasteiger partial charge in [0.2, 0.25) is 0 Å². The molecule has 0 N–H and O–H groups in total. The second kappa shape index (κ2) is 7.83. The molecule has 0 heterocycles. The van der Waals surface area contributed by atoms with Crippen LogP contribution in [-0.4, -0.2) is 7.11 Å². The van der Waals surface area contributed by atoms with Gasteiger partial charge in [0, 0.05) is 0 Å². The fourth-order valence-electron chi connectivity index (χ4n) is 3.94. The molecule has 128 valence electrons. The van der Waals surface area contributed by atoms with E-state index in [2.05, 4.69) is 31.2 Å². The van der Waals surface area contributed by atoms with Crippen LogP contribution in [-0.2, 0) is 6.42 Å². The van der Waals surface area contributed by atoms with E-state index in [1.54, 1.807) is 12.1 Å². The van der Waals surface area contributed by atoms with Crippen LogP contribution in [0.25, 0.3) is 0 Å². The average molecular weight is 326 g/mol. The first-order valence-corrected chi connectivity index (χ1v) is 9.13. The summed E-state index contributed by atoms with van der Waals surface area (Å²) in [4.78, 5) is 0. The molecule has 2 aromatic carbocycles. The zero-order chi connectivity index (χ0) is 16.9. The third-order valence-corrected chi connectivity index (χ3v) is 5.36. The lowest BCUT2D eigenvalue weighted by Crippen LogP contribution is -2.12. The largest absolute Gasteiger partial charge is 0.494 e. The van der Waals surface area contributed by atoms with Crippen molar-refractivity contribution < 1.29 is 9.13 Å². The molecule has 2 heteroatoms. The molecule has 1 aliphatic carbocycles. The van der Waals surface area contributed by atoms with E-state index in [0.717, 1.165) is 24.8 Å². The maximum Gasteiger partial charge on any atom is 0.165 e. The normalized spacial score (nSPS) is 20.8. The molecule has 0 aromatic heterocycles. The molecule has 1 fully saturated rings. The third-order valence-electron chi connectivity index (χ3n) is 5.36. The van der Waals surface area contributed by atoms with Crippen LogP contribution in [0.2, 0.25) is 0 Å². The van der Waals surface area contributed by atoms with Crippen molar-refractivity contribution in [3.63, 3.8) is 0 Å². The fourth-order valence-corrected chi connectivity index (χ4v) is 3.94. The molecule has 0 bridgehead atoms. The Hall–Kier alpha value is -1.83. The Morgan fingerprint density at radius 2 is 1.50 bits per heavy atom. The zero-order valence-electron chi connectivity index (χ0n) is 14.7. The van der Waals surface area contributed by atoms with Gasteiger partial charge in [-0.1, -0.05) is 43.7 Å². The first-order valence-electron chi connectivity index (χ1n) is 9.13. The number of aryl methyl sites for hydroxylation is 1. The van der Waals surface area contributed by atoms with E-state index in [0.29, 0.717) is 17.6 Å². The van der Waals surface area contributed by atoms with Gasteiger partial charge in [-0.15, -0.1) is 0 Å². The molecule has 0 spiro atoms. The molecule has 0 saturated heterocycles. The summed E-state index contributed by atoms with van der Waals surface area (Å²) in [6, 6.07) is 14.6. The van der Waals surface area contributed by atoms with Crippen LogP contribution in [0.1, 0.15) is 67.6 Å². The van der Waals surface area contributed by atoms with Gasteiger partial charge in [0.25, 0.3) is 0 Å². The van der Waals surface area contributed by atoms with Crippen molar-refractivity contribution in [2.75, 3.05) is 7.11 Å². The summed E-state index contributed by atoms with van der Waals surface area (Å²) < 4.78 is 18.9. The third kappa shape index (κ3) is 3.80. The van der Waals surface area contributed by atoms with Crippen molar-refractivity contribution in [3.8, 4) is 5.75 Å². The van der Waals surface area contributed by atoms with Gasteiger partial charge in [-0.3, -0.25) is 0 Å². The molecular formula is C22H27FO. The average Bonchev–Trinajstić information content (AvgIpc) is 2.63.